The Bertz CT molecular complexity index is 291. The maximum atomic E-state index is 5.91. The summed E-state index contributed by atoms with van der Waals surface area (Å²) >= 11 is 5.91. The van der Waals surface area contributed by atoms with E-state index in [-0.39, 0.29) is 9.52 Å². The lowest BCUT2D eigenvalue weighted by molar-refractivity contribution is 0.0431. The minimum absolute atomic E-state index is 0.279. The summed E-state index contributed by atoms with van der Waals surface area (Å²) in [5.74, 6) is 1.48. The van der Waals surface area contributed by atoms with Crippen molar-refractivity contribution in [3.63, 3.8) is 0 Å². The summed E-state index contributed by atoms with van der Waals surface area (Å²) < 4.78 is 5.82. The Hall–Kier alpha value is -0.313. The van der Waals surface area contributed by atoms with Gasteiger partial charge in [-0.25, -0.2) is 0 Å². The molecule has 1 aliphatic heterocycles. The predicted octanol–water partition coefficient (Wildman–Crippen LogP) is 1.47. The van der Waals surface area contributed by atoms with E-state index in [4.69, 9.17) is 16.3 Å². The second kappa shape index (κ2) is 5.68. The van der Waals surface area contributed by atoms with Crippen LogP contribution >= 0.6 is 11.6 Å². The van der Waals surface area contributed by atoms with E-state index in [1.165, 1.54) is 11.6 Å². The van der Waals surface area contributed by atoms with Gasteiger partial charge in [-0.3, -0.25) is 0 Å². The van der Waals surface area contributed by atoms with Crippen molar-refractivity contribution in [3.8, 4) is 0 Å². The molecule has 1 aromatic carbocycles. The zero-order valence-electron chi connectivity index (χ0n) is 8.86. The van der Waals surface area contributed by atoms with Crippen LogP contribution in [0, 0.1) is 5.92 Å². The molecule has 82 valence electrons. The van der Waals surface area contributed by atoms with Gasteiger partial charge in [0.1, 0.15) is 0 Å². The van der Waals surface area contributed by atoms with Gasteiger partial charge < -0.3 is 4.74 Å². The first-order valence-corrected chi connectivity index (χ1v) is 7.66. The molecule has 15 heavy (non-hydrogen) atoms. The van der Waals surface area contributed by atoms with Crippen LogP contribution in [-0.4, -0.2) is 27.7 Å². The number of hydrogen-bond acceptors (Lipinski definition) is 1. The molecule has 0 bridgehead atoms. The summed E-state index contributed by atoms with van der Waals surface area (Å²) in [4.78, 5) is 0. The summed E-state index contributed by atoms with van der Waals surface area (Å²) in [7, 11) is -0.279. The normalized spacial score (nSPS) is 27.3. The third-order valence-electron chi connectivity index (χ3n) is 3.00. The maximum absolute atomic E-state index is 5.91. The van der Waals surface area contributed by atoms with Gasteiger partial charge in [-0.2, -0.15) is 0 Å². The summed E-state index contributed by atoms with van der Waals surface area (Å²) in [6.45, 7) is 0.905. The van der Waals surface area contributed by atoms with Crippen molar-refractivity contribution >= 4 is 26.3 Å². The van der Waals surface area contributed by atoms with Gasteiger partial charge in [-0.15, -0.1) is 11.6 Å². The van der Waals surface area contributed by atoms with E-state index in [1.54, 1.807) is 0 Å². The van der Waals surface area contributed by atoms with Gasteiger partial charge in [0.2, 0.25) is 0 Å². The average molecular weight is 241 g/mol. The Morgan fingerprint density at radius 2 is 2.13 bits per heavy atom. The molecule has 1 heterocycles. The van der Waals surface area contributed by atoms with Crippen molar-refractivity contribution in [2.45, 2.75) is 18.6 Å². The fourth-order valence-electron chi connectivity index (χ4n) is 2.12. The lowest BCUT2D eigenvalue weighted by atomic mass is 10.0. The Morgan fingerprint density at radius 1 is 1.33 bits per heavy atom. The Balaban J connectivity index is 1.89. The van der Waals surface area contributed by atoms with Gasteiger partial charge in [-0.1, -0.05) is 35.5 Å². The fraction of sp³-hybridized carbons (Fsp3) is 0.500. The van der Waals surface area contributed by atoms with E-state index in [0.29, 0.717) is 11.6 Å². The molecular weight excluding hydrogens is 224 g/mol. The van der Waals surface area contributed by atoms with E-state index < -0.39 is 0 Å². The van der Waals surface area contributed by atoms with Crippen molar-refractivity contribution < 1.29 is 4.74 Å². The van der Waals surface area contributed by atoms with Crippen LogP contribution in [0.1, 0.15) is 12.8 Å². The van der Waals surface area contributed by atoms with E-state index in [0.717, 1.165) is 18.9 Å². The summed E-state index contributed by atoms with van der Waals surface area (Å²) in [6, 6.07) is 10.7. The van der Waals surface area contributed by atoms with E-state index in [2.05, 4.69) is 30.3 Å². The molecule has 0 amide bonds. The van der Waals surface area contributed by atoms with Crippen molar-refractivity contribution in [3.05, 3.63) is 30.3 Å². The van der Waals surface area contributed by atoms with Crippen LogP contribution in [0.2, 0.25) is 0 Å². The van der Waals surface area contributed by atoms with Crippen LogP contribution in [0.5, 0.6) is 0 Å². The van der Waals surface area contributed by atoms with Crippen molar-refractivity contribution in [1.82, 2.24) is 0 Å². The molecule has 2 rings (SSSR count). The first-order valence-electron chi connectivity index (χ1n) is 5.60. The molecule has 1 fully saturated rings. The van der Waals surface area contributed by atoms with E-state index in [1.807, 2.05) is 0 Å². The van der Waals surface area contributed by atoms with E-state index >= 15 is 0 Å². The Labute approximate surface area is 98.6 Å². The number of benzene rings is 1. The van der Waals surface area contributed by atoms with Crippen molar-refractivity contribution in [1.29, 1.82) is 0 Å². The molecular formula is C12H17ClOSi. The van der Waals surface area contributed by atoms with Crippen molar-refractivity contribution in [2.24, 2.45) is 5.92 Å². The zero-order valence-corrected chi connectivity index (χ0v) is 11.0. The molecule has 0 aliphatic carbocycles. The Kier molecular flexibility index (Phi) is 4.24. The van der Waals surface area contributed by atoms with Gasteiger partial charge in [-0.05, 0) is 18.8 Å². The SMILES string of the molecule is ClCC1CCOC([SiH2]c2ccccc2)C1. The molecule has 1 aromatic rings. The lowest BCUT2D eigenvalue weighted by Gasteiger charge is -2.28. The van der Waals surface area contributed by atoms with Crippen LogP contribution < -0.4 is 5.19 Å². The second-order valence-electron chi connectivity index (χ2n) is 4.23. The number of hydrogen-bond donors (Lipinski definition) is 0. The second-order valence-corrected chi connectivity index (χ2v) is 6.67. The number of halogens is 1. The minimum atomic E-state index is -0.279. The molecule has 0 aromatic heterocycles. The number of alkyl halides is 1. The molecule has 0 spiro atoms. The quantitative estimate of drug-likeness (QED) is 0.575. The summed E-state index contributed by atoms with van der Waals surface area (Å²) in [6.07, 6.45) is 2.31. The molecule has 0 N–H and O–H groups in total. The van der Waals surface area contributed by atoms with E-state index in [9.17, 15) is 0 Å². The van der Waals surface area contributed by atoms with Crippen LogP contribution in [0.4, 0.5) is 0 Å². The molecule has 3 heteroatoms. The van der Waals surface area contributed by atoms with Gasteiger partial charge in [0.25, 0.3) is 0 Å². The molecule has 1 aliphatic rings. The lowest BCUT2D eigenvalue weighted by Crippen LogP contribution is -2.36. The molecule has 1 nitrogen and oxygen atoms in total. The van der Waals surface area contributed by atoms with Gasteiger partial charge in [0.15, 0.2) is 0 Å². The average Bonchev–Trinajstić information content (AvgIpc) is 2.31. The van der Waals surface area contributed by atoms with Gasteiger partial charge in [0, 0.05) is 18.2 Å². The monoisotopic (exact) mass is 240 g/mol. The largest absolute Gasteiger partial charge is 0.382 e. The van der Waals surface area contributed by atoms with Crippen molar-refractivity contribution in [2.75, 3.05) is 12.5 Å². The topological polar surface area (TPSA) is 9.23 Å². The van der Waals surface area contributed by atoms with Gasteiger partial charge >= 0.3 is 0 Å². The fourth-order valence-corrected chi connectivity index (χ4v) is 4.39. The third-order valence-corrected chi connectivity index (χ3v) is 5.40. The number of rotatable bonds is 3. The van der Waals surface area contributed by atoms with Crippen LogP contribution in [-0.2, 0) is 4.74 Å². The van der Waals surface area contributed by atoms with Gasteiger partial charge in [0.05, 0.1) is 9.52 Å². The Morgan fingerprint density at radius 3 is 2.87 bits per heavy atom. The van der Waals surface area contributed by atoms with Crippen LogP contribution in [0.3, 0.4) is 0 Å². The third kappa shape index (κ3) is 3.33. The molecule has 1 saturated heterocycles. The summed E-state index contributed by atoms with van der Waals surface area (Å²) in [5, 5.41) is 1.50. The van der Waals surface area contributed by atoms with Crippen LogP contribution in [0.25, 0.3) is 0 Å². The molecule has 2 unspecified atom stereocenters. The molecule has 2 atom stereocenters. The first kappa shape index (κ1) is 11.2. The highest BCUT2D eigenvalue weighted by molar-refractivity contribution is 6.54. The predicted molar refractivity (Wildman–Crippen MR) is 67.8 cm³/mol. The highest BCUT2D eigenvalue weighted by Gasteiger charge is 2.22. The molecule has 0 saturated carbocycles. The molecule has 0 radical (unpaired) electrons. The smallest absolute Gasteiger partial charge is 0.0887 e. The highest BCUT2D eigenvalue weighted by Crippen LogP contribution is 2.20. The standard InChI is InChI=1S/C12H17ClOSi/c13-9-10-6-7-14-12(8-10)15-11-4-2-1-3-5-11/h1-5,10,12H,6-9,15H2. The number of ether oxygens (including phenoxy) is 1. The van der Waals surface area contributed by atoms with Crippen LogP contribution in [0.15, 0.2) is 30.3 Å². The highest BCUT2D eigenvalue weighted by atomic mass is 35.5. The zero-order chi connectivity index (χ0) is 10.5. The maximum Gasteiger partial charge on any atom is 0.0887 e. The summed E-state index contributed by atoms with van der Waals surface area (Å²) in [5.41, 5.74) is 0.505. The minimum Gasteiger partial charge on any atom is -0.382 e. The first-order chi connectivity index (χ1) is 7.38.